The molecule has 4 rings (SSSR count). The molecule has 33 heavy (non-hydrogen) atoms. The number of rotatable bonds is 7. The van der Waals surface area contributed by atoms with Crippen LogP contribution in [0.2, 0.25) is 0 Å². The molecule has 1 N–H and O–H groups in total. The van der Waals surface area contributed by atoms with E-state index in [1.54, 1.807) is 26.1 Å². The van der Waals surface area contributed by atoms with Crippen LogP contribution < -0.4 is 4.74 Å². The van der Waals surface area contributed by atoms with E-state index in [1.165, 1.54) is 6.07 Å². The summed E-state index contributed by atoms with van der Waals surface area (Å²) in [7, 11) is 0. The molecule has 1 aromatic heterocycles. The number of carboxylic acids is 1. The zero-order valence-electron chi connectivity index (χ0n) is 18.1. The van der Waals surface area contributed by atoms with E-state index < -0.39 is 17.7 Å². The average molecular weight is 523 g/mol. The Bertz CT molecular complexity index is 1140. The van der Waals surface area contributed by atoms with E-state index in [0.29, 0.717) is 29.8 Å². The van der Waals surface area contributed by atoms with Gasteiger partial charge in [-0.3, -0.25) is 0 Å². The summed E-state index contributed by atoms with van der Waals surface area (Å²) in [6, 6.07) is 12.1. The van der Waals surface area contributed by atoms with E-state index in [0.717, 1.165) is 21.6 Å². The molecule has 2 heterocycles. The van der Waals surface area contributed by atoms with Gasteiger partial charge in [-0.1, -0.05) is 0 Å². The molecule has 1 fully saturated rings. The molecule has 0 radical (unpaired) electrons. The zero-order valence-corrected chi connectivity index (χ0v) is 19.8. The Labute approximate surface area is 195 Å². The van der Waals surface area contributed by atoms with Gasteiger partial charge in [0.15, 0.2) is 0 Å². The van der Waals surface area contributed by atoms with E-state index >= 15 is 0 Å². The second-order valence-corrected chi connectivity index (χ2v) is 10.5. The van der Waals surface area contributed by atoms with Gasteiger partial charge in [-0.15, -0.1) is 0 Å². The normalized spacial score (nSPS) is 15.0. The molecule has 0 atom stereocenters. The first-order valence-corrected chi connectivity index (χ1v) is 12.2. The summed E-state index contributed by atoms with van der Waals surface area (Å²) in [4.78, 5) is 17.4. The fourth-order valence-corrected chi connectivity index (χ4v) is 5.60. The predicted octanol–water partition coefficient (Wildman–Crippen LogP) is 4.80. The number of benzene rings is 2. The number of likely N-dealkylation sites (tertiary alicyclic amines) is 1. The van der Waals surface area contributed by atoms with Gasteiger partial charge in [-0.25, -0.2) is 0 Å². The molecular formula is C24H23F3N2O3Se. The van der Waals surface area contributed by atoms with Gasteiger partial charge in [-0.05, 0) is 0 Å². The molecule has 1 aliphatic rings. The topological polar surface area (TPSA) is 62.7 Å². The van der Waals surface area contributed by atoms with Crippen molar-refractivity contribution in [3.8, 4) is 25.9 Å². The molecule has 0 saturated carbocycles. The van der Waals surface area contributed by atoms with Crippen molar-refractivity contribution in [3.63, 3.8) is 0 Å². The first kappa shape index (κ1) is 23.5. The molecule has 174 valence electrons. The Morgan fingerprint density at radius 1 is 1.18 bits per heavy atom. The van der Waals surface area contributed by atoms with Crippen molar-refractivity contribution in [2.75, 3.05) is 13.1 Å². The van der Waals surface area contributed by atoms with Crippen molar-refractivity contribution in [1.82, 2.24) is 9.88 Å². The van der Waals surface area contributed by atoms with Crippen LogP contribution in [0.5, 0.6) is 5.75 Å². The number of hydrogen-bond acceptors (Lipinski definition) is 4. The zero-order chi connectivity index (χ0) is 23.8. The van der Waals surface area contributed by atoms with Crippen LogP contribution in [0.3, 0.4) is 0 Å². The summed E-state index contributed by atoms with van der Waals surface area (Å²) < 4.78 is 47.7. The van der Waals surface area contributed by atoms with Gasteiger partial charge >= 0.3 is 196 Å². The quantitative estimate of drug-likeness (QED) is 0.451. The summed E-state index contributed by atoms with van der Waals surface area (Å²) in [5.74, 6) is -1.21. The molecule has 1 aliphatic heterocycles. The molecule has 0 bridgehead atoms. The number of ether oxygens (including phenoxy) is 1. The number of carbonyl (C=O) groups is 1. The number of carboxylic acid groups (broad SMARTS) is 1. The molecule has 0 spiro atoms. The SMILES string of the molecule is CC(C)Oc1ccc(-c2ncc(-c3ccc(CN4CC(C(=O)O)C4)cc3)[se]2)cc1C(F)(F)F. The van der Waals surface area contributed by atoms with Crippen molar-refractivity contribution in [1.29, 1.82) is 0 Å². The van der Waals surface area contributed by atoms with E-state index in [2.05, 4.69) is 9.88 Å². The standard InChI is InChI=1S/C24H23F3N2O3Se/c1-14(2)32-20-8-7-17(9-19(20)24(25,26)27)22-28-10-21(33-22)16-5-3-15(4-6-16)11-29-12-18(13-29)23(30)31/h3-10,14,18H,11-13H2,1-2H3,(H,30,31). The van der Waals surface area contributed by atoms with Gasteiger partial charge in [0.05, 0.1) is 0 Å². The van der Waals surface area contributed by atoms with E-state index in [1.807, 2.05) is 24.3 Å². The molecule has 1 saturated heterocycles. The van der Waals surface area contributed by atoms with E-state index in [9.17, 15) is 18.0 Å². The summed E-state index contributed by atoms with van der Waals surface area (Å²) in [5, 5.41) is 8.98. The second kappa shape index (κ2) is 9.33. The van der Waals surface area contributed by atoms with Crippen molar-refractivity contribution < 1.29 is 27.8 Å². The molecule has 0 amide bonds. The monoisotopic (exact) mass is 524 g/mol. The molecule has 3 aromatic rings. The minimum atomic E-state index is -4.51. The van der Waals surface area contributed by atoms with Crippen LogP contribution in [0.15, 0.2) is 48.7 Å². The number of aliphatic carboxylic acids is 1. The maximum absolute atomic E-state index is 13.6. The van der Waals surface area contributed by atoms with Crippen LogP contribution in [-0.2, 0) is 17.5 Å². The van der Waals surface area contributed by atoms with Gasteiger partial charge in [0, 0.05) is 0 Å². The summed E-state index contributed by atoms with van der Waals surface area (Å²) in [6.45, 7) is 5.19. The van der Waals surface area contributed by atoms with Gasteiger partial charge in [0.2, 0.25) is 0 Å². The number of hydrogen-bond donors (Lipinski definition) is 1. The first-order valence-electron chi connectivity index (χ1n) is 10.5. The molecule has 9 heteroatoms. The predicted molar refractivity (Wildman–Crippen MR) is 119 cm³/mol. The third kappa shape index (κ3) is 5.49. The Balaban J connectivity index is 1.49. The minimum absolute atomic E-state index is 0.173. The number of nitrogens with zero attached hydrogens (tertiary/aromatic N) is 2. The van der Waals surface area contributed by atoms with Crippen molar-refractivity contribution in [3.05, 3.63) is 59.8 Å². The number of halogens is 3. The van der Waals surface area contributed by atoms with Crippen molar-refractivity contribution >= 4 is 20.5 Å². The van der Waals surface area contributed by atoms with Crippen molar-refractivity contribution in [2.24, 2.45) is 5.92 Å². The first-order chi connectivity index (χ1) is 15.6. The average Bonchev–Trinajstić information content (AvgIpc) is 3.20. The van der Waals surface area contributed by atoms with Crippen LogP contribution in [0, 0.1) is 5.92 Å². The van der Waals surface area contributed by atoms with Gasteiger partial charge in [-0.2, -0.15) is 0 Å². The second-order valence-electron chi connectivity index (χ2n) is 8.33. The Kier molecular flexibility index (Phi) is 6.66. The number of aromatic nitrogens is 1. The van der Waals surface area contributed by atoms with Crippen molar-refractivity contribution in [2.45, 2.75) is 32.7 Å². The summed E-state index contributed by atoms with van der Waals surface area (Å²) in [6.07, 6.45) is -3.15. The van der Waals surface area contributed by atoms with Crippen LogP contribution in [0.25, 0.3) is 20.1 Å². The third-order valence-electron chi connectivity index (χ3n) is 5.35. The van der Waals surface area contributed by atoms with Gasteiger partial charge in [0.1, 0.15) is 0 Å². The fraction of sp³-hybridized carbons (Fsp3) is 0.333. The molecule has 0 unspecified atom stereocenters. The van der Waals surface area contributed by atoms with Crippen LogP contribution >= 0.6 is 0 Å². The molecule has 5 nitrogen and oxygen atoms in total. The molecular weight excluding hydrogens is 500 g/mol. The summed E-state index contributed by atoms with van der Waals surface area (Å²) in [5.41, 5.74) is 1.74. The van der Waals surface area contributed by atoms with Crippen LogP contribution in [-0.4, -0.2) is 54.7 Å². The molecule has 2 aromatic carbocycles. The fourth-order valence-electron chi connectivity index (χ4n) is 3.67. The van der Waals surface area contributed by atoms with E-state index in [-0.39, 0.29) is 32.3 Å². The van der Waals surface area contributed by atoms with Crippen LogP contribution in [0.1, 0.15) is 25.0 Å². The van der Waals surface area contributed by atoms with Gasteiger partial charge in [0.25, 0.3) is 0 Å². The Morgan fingerprint density at radius 3 is 2.45 bits per heavy atom. The Morgan fingerprint density at radius 2 is 1.85 bits per heavy atom. The Hall–Kier alpha value is -2.61. The number of alkyl halides is 3. The third-order valence-corrected chi connectivity index (χ3v) is 7.65. The van der Waals surface area contributed by atoms with Gasteiger partial charge < -0.3 is 0 Å². The molecule has 0 aliphatic carbocycles. The van der Waals surface area contributed by atoms with Crippen LogP contribution in [0.4, 0.5) is 13.2 Å². The summed E-state index contributed by atoms with van der Waals surface area (Å²) >= 11 is -0.225. The maximum atomic E-state index is 13.6. The van der Waals surface area contributed by atoms with E-state index in [4.69, 9.17) is 9.84 Å².